The molecule has 0 unspecified atom stereocenters. The second-order valence-electron chi connectivity index (χ2n) is 5.08. The molecule has 1 aromatic carbocycles. The van der Waals surface area contributed by atoms with Gasteiger partial charge in [0.15, 0.2) is 6.61 Å². The molecule has 0 aliphatic heterocycles. The molecular formula is C15H23N3O3. The molecule has 0 bridgehead atoms. The van der Waals surface area contributed by atoms with Crippen molar-refractivity contribution < 1.29 is 14.3 Å². The van der Waals surface area contributed by atoms with Crippen LogP contribution in [0.2, 0.25) is 0 Å². The first-order valence-corrected chi connectivity index (χ1v) is 6.97. The average Bonchev–Trinajstić information content (AvgIpc) is 2.49. The molecule has 0 spiro atoms. The minimum atomic E-state index is -0.346. The molecule has 0 saturated carbocycles. The van der Waals surface area contributed by atoms with E-state index in [1.165, 1.54) is 0 Å². The van der Waals surface area contributed by atoms with E-state index >= 15 is 0 Å². The molecular weight excluding hydrogens is 270 g/mol. The van der Waals surface area contributed by atoms with Gasteiger partial charge < -0.3 is 21.1 Å². The molecule has 0 atom stereocenters. The number of hydrogen-bond acceptors (Lipinski definition) is 4. The highest BCUT2D eigenvalue weighted by molar-refractivity contribution is 5.85. The third kappa shape index (κ3) is 6.76. The predicted molar refractivity (Wildman–Crippen MR) is 80.7 cm³/mol. The van der Waals surface area contributed by atoms with Gasteiger partial charge in [0.1, 0.15) is 5.75 Å². The maximum absolute atomic E-state index is 11.6. The molecule has 21 heavy (non-hydrogen) atoms. The molecule has 1 aromatic rings. The van der Waals surface area contributed by atoms with E-state index in [0.717, 1.165) is 5.56 Å². The van der Waals surface area contributed by atoms with Crippen LogP contribution in [0.25, 0.3) is 0 Å². The van der Waals surface area contributed by atoms with Crippen molar-refractivity contribution >= 4 is 11.8 Å². The van der Waals surface area contributed by atoms with Gasteiger partial charge in [0.2, 0.25) is 5.91 Å². The van der Waals surface area contributed by atoms with Gasteiger partial charge in [0.25, 0.3) is 5.91 Å². The van der Waals surface area contributed by atoms with Gasteiger partial charge in [-0.2, -0.15) is 0 Å². The molecule has 0 aliphatic rings. The first kappa shape index (κ1) is 17.0. The van der Waals surface area contributed by atoms with Crippen LogP contribution in [0, 0.1) is 5.92 Å². The highest BCUT2D eigenvalue weighted by Gasteiger charge is 2.08. The number of ether oxygens (including phenoxy) is 1. The Morgan fingerprint density at radius 3 is 2.57 bits per heavy atom. The summed E-state index contributed by atoms with van der Waals surface area (Å²) in [6, 6.07) is 7.26. The first-order valence-electron chi connectivity index (χ1n) is 6.97. The van der Waals surface area contributed by atoms with E-state index in [0.29, 0.717) is 24.8 Å². The molecule has 2 amide bonds. The lowest BCUT2D eigenvalue weighted by Gasteiger charge is -2.11. The zero-order valence-corrected chi connectivity index (χ0v) is 12.5. The van der Waals surface area contributed by atoms with Gasteiger partial charge in [-0.15, -0.1) is 0 Å². The van der Waals surface area contributed by atoms with E-state index in [9.17, 15) is 9.59 Å². The van der Waals surface area contributed by atoms with Crippen LogP contribution in [0.3, 0.4) is 0 Å². The van der Waals surface area contributed by atoms with Gasteiger partial charge in [-0.25, -0.2) is 0 Å². The molecule has 116 valence electrons. The van der Waals surface area contributed by atoms with Crippen LogP contribution in [-0.4, -0.2) is 31.5 Å². The molecule has 6 heteroatoms. The van der Waals surface area contributed by atoms with E-state index < -0.39 is 0 Å². The Bertz CT molecular complexity index is 475. The average molecular weight is 293 g/mol. The quantitative estimate of drug-likeness (QED) is 0.647. The van der Waals surface area contributed by atoms with Crippen molar-refractivity contribution in [3.8, 4) is 5.75 Å². The SMILES string of the molecule is CC(C)CNC(=O)CNC(=O)COc1ccccc1CN. The standard InChI is InChI=1S/C15H23N3O3/c1-11(2)8-17-14(19)9-18-15(20)10-21-13-6-4-3-5-12(13)7-16/h3-6,11H,7-10,16H2,1-2H3,(H,17,19)(H,18,20). The Labute approximate surface area is 125 Å². The van der Waals surface area contributed by atoms with E-state index in [1.54, 1.807) is 6.07 Å². The number of carbonyl (C=O) groups excluding carboxylic acids is 2. The van der Waals surface area contributed by atoms with Crippen LogP contribution in [0.1, 0.15) is 19.4 Å². The minimum Gasteiger partial charge on any atom is -0.483 e. The van der Waals surface area contributed by atoms with Crippen molar-refractivity contribution in [3.63, 3.8) is 0 Å². The molecule has 6 nitrogen and oxygen atoms in total. The fourth-order valence-electron chi connectivity index (χ4n) is 1.57. The zero-order chi connectivity index (χ0) is 15.7. The number of benzene rings is 1. The Morgan fingerprint density at radius 1 is 1.19 bits per heavy atom. The molecule has 1 rings (SSSR count). The highest BCUT2D eigenvalue weighted by Crippen LogP contribution is 2.16. The normalized spacial score (nSPS) is 10.3. The van der Waals surface area contributed by atoms with Crippen molar-refractivity contribution in [2.24, 2.45) is 11.7 Å². The van der Waals surface area contributed by atoms with Crippen molar-refractivity contribution in [2.75, 3.05) is 19.7 Å². The lowest BCUT2D eigenvalue weighted by Crippen LogP contribution is -2.40. The van der Waals surface area contributed by atoms with Gasteiger partial charge in [0.05, 0.1) is 6.54 Å². The highest BCUT2D eigenvalue weighted by atomic mass is 16.5. The molecule has 0 fully saturated rings. The maximum Gasteiger partial charge on any atom is 0.258 e. The fourth-order valence-corrected chi connectivity index (χ4v) is 1.57. The Kier molecular flexibility index (Phi) is 7.25. The lowest BCUT2D eigenvalue weighted by molar-refractivity contribution is -0.127. The summed E-state index contributed by atoms with van der Waals surface area (Å²) in [7, 11) is 0. The Morgan fingerprint density at radius 2 is 1.90 bits per heavy atom. The fraction of sp³-hybridized carbons (Fsp3) is 0.467. The summed E-state index contributed by atoms with van der Waals surface area (Å²) in [5.41, 5.74) is 6.41. The molecule has 0 aromatic heterocycles. The molecule has 4 N–H and O–H groups in total. The van der Waals surface area contributed by atoms with Crippen LogP contribution in [0.5, 0.6) is 5.75 Å². The van der Waals surface area contributed by atoms with Gasteiger partial charge in [-0.1, -0.05) is 32.0 Å². The number of nitrogens with two attached hydrogens (primary N) is 1. The van der Waals surface area contributed by atoms with Crippen molar-refractivity contribution in [1.29, 1.82) is 0 Å². The van der Waals surface area contributed by atoms with Gasteiger partial charge in [-0.3, -0.25) is 9.59 Å². The van der Waals surface area contributed by atoms with Gasteiger partial charge in [-0.05, 0) is 12.0 Å². The third-order valence-electron chi connectivity index (χ3n) is 2.70. The maximum atomic E-state index is 11.6. The zero-order valence-electron chi connectivity index (χ0n) is 12.5. The predicted octanol–water partition coefficient (Wildman–Crippen LogP) is 0.413. The smallest absolute Gasteiger partial charge is 0.258 e. The number of amides is 2. The van der Waals surface area contributed by atoms with Gasteiger partial charge in [0, 0.05) is 18.7 Å². The summed E-state index contributed by atoms with van der Waals surface area (Å²) in [5, 5.41) is 5.23. The summed E-state index contributed by atoms with van der Waals surface area (Å²) >= 11 is 0. The number of hydrogen-bond donors (Lipinski definition) is 3. The van der Waals surface area contributed by atoms with Crippen LogP contribution < -0.4 is 21.1 Å². The van der Waals surface area contributed by atoms with E-state index in [4.69, 9.17) is 10.5 Å². The van der Waals surface area contributed by atoms with Crippen molar-refractivity contribution in [1.82, 2.24) is 10.6 Å². The van der Waals surface area contributed by atoms with Crippen LogP contribution in [0.15, 0.2) is 24.3 Å². The molecule has 0 aliphatic carbocycles. The summed E-state index contributed by atoms with van der Waals surface area (Å²) in [6.07, 6.45) is 0. The van der Waals surface area contributed by atoms with E-state index in [1.807, 2.05) is 32.0 Å². The first-order chi connectivity index (χ1) is 10.0. The topological polar surface area (TPSA) is 93.5 Å². The number of para-hydroxylation sites is 1. The monoisotopic (exact) mass is 293 g/mol. The van der Waals surface area contributed by atoms with E-state index in [-0.39, 0.29) is 25.0 Å². The second kappa shape index (κ2) is 8.97. The summed E-state index contributed by atoms with van der Waals surface area (Å²) in [4.78, 5) is 23.1. The van der Waals surface area contributed by atoms with Crippen molar-refractivity contribution in [3.05, 3.63) is 29.8 Å². The number of nitrogens with one attached hydrogen (secondary N) is 2. The van der Waals surface area contributed by atoms with E-state index in [2.05, 4.69) is 10.6 Å². The summed E-state index contributed by atoms with van der Waals surface area (Å²) < 4.78 is 5.40. The Balaban J connectivity index is 2.29. The summed E-state index contributed by atoms with van der Waals surface area (Å²) in [6.45, 7) is 4.75. The number of carbonyl (C=O) groups is 2. The van der Waals surface area contributed by atoms with Crippen LogP contribution in [0.4, 0.5) is 0 Å². The van der Waals surface area contributed by atoms with Crippen LogP contribution >= 0.6 is 0 Å². The number of rotatable bonds is 8. The largest absolute Gasteiger partial charge is 0.483 e. The summed E-state index contributed by atoms with van der Waals surface area (Å²) in [5.74, 6) is 0.404. The third-order valence-corrected chi connectivity index (χ3v) is 2.70. The molecule has 0 saturated heterocycles. The van der Waals surface area contributed by atoms with Gasteiger partial charge >= 0.3 is 0 Å². The van der Waals surface area contributed by atoms with Crippen LogP contribution in [-0.2, 0) is 16.1 Å². The minimum absolute atomic E-state index is 0.0482. The lowest BCUT2D eigenvalue weighted by atomic mass is 10.2. The van der Waals surface area contributed by atoms with Crippen molar-refractivity contribution in [2.45, 2.75) is 20.4 Å². The molecule has 0 heterocycles. The molecule has 0 radical (unpaired) electrons. The second-order valence-corrected chi connectivity index (χ2v) is 5.08. The Hall–Kier alpha value is -2.08.